The third-order valence-corrected chi connectivity index (χ3v) is 2.10. The molecule has 0 aliphatic rings. The average molecular weight is 202 g/mol. The van der Waals surface area contributed by atoms with E-state index in [1.165, 1.54) is 0 Å². The maximum absolute atomic E-state index is 11.2. The maximum Gasteiger partial charge on any atom is 0.207 e. The van der Waals surface area contributed by atoms with Crippen LogP contribution >= 0.6 is 0 Å². The molecule has 0 aromatic heterocycles. The fraction of sp³-hybridized carbons (Fsp3) is 0.143. The predicted molar refractivity (Wildman–Crippen MR) is 47.3 cm³/mol. The van der Waals surface area contributed by atoms with Crippen molar-refractivity contribution in [3.8, 4) is 0 Å². The van der Waals surface area contributed by atoms with Crippen molar-refractivity contribution in [1.29, 1.82) is 0 Å². The molecular formula is C7H10N2O3S. The van der Waals surface area contributed by atoms with Gasteiger partial charge in [-0.15, -0.1) is 5.59 Å². The Bertz CT molecular complexity index is 268. The van der Waals surface area contributed by atoms with E-state index in [2.05, 4.69) is 15.3 Å². The highest BCUT2D eigenvalue weighted by Crippen LogP contribution is 2.04. The van der Waals surface area contributed by atoms with Gasteiger partial charge in [0, 0.05) is 0 Å². The van der Waals surface area contributed by atoms with Gasteiger partial charge in [0.2, 0.25) is 11.1 Å². The van der Waals surface area contributed by atoms with Crippen molar-refractivity contribution in [1.82, 2.24) is 11.0 Å². The number of rotatable bonds is 5. The van der Waals surface area contributed by atoms with Crippen LogP contribution in [-0.2, 0) is 15.4 Å². The molecular weight excluding hydrogens is 192 g/mol. The highest BCUT2D eigenvalue weighted by atomic mass is 32.2. The fourth-order valence-corrected chi connectivity index (χ4v) is 1.29. The minimum absolute atomic E-state index is 0.300. The molecule has 5 nitrogen and oxygen atoms in total. The monoisotopic (exact) mass is 202 g/mol. The quantitative estimate of drug-likeness (QED) is 0.347. The molecule has 1 rings (SSSR count). The van der Waals surface area contributed by atoms with Crippen LogP contribution in [0.3, 0.4) is 0 Å². The molecule has 0 heterocycles. The molecule has 0 aliphatic carbocycles. The van der Waals surface area contributed by atoms with Crippen LogP contribution in [0.5, 0.6) is 0 Å². The van der Waals surface area contributed by atoms with Crippen LogP contribution in [0.1, 0.15) is 0 Å². The van der Waals surface area contributed by atoms with Gasteiger partial charge in [-0.25, -0.2) is 9.63 Å². The molecule has 6 heteroatoms. The van der Waals surface area contributed by atoms with Crippen LogP contribution in [0, 0.1) is 0 Å². The Morgan fingerprint density at radius 2 is 2.08 bits per heavy atom. The summed E-state index contributed by atoms with van der Waals surface area (Å²) in [5.41, 5.74) is 4.37. The SMILES string of the molecule is O=S(ONNCO)c1ccccc1. The lowest BCUT2D eigenvalue weighted by molar-refractivity contribution is 0.118. The summed E-state index contributed by atoms with van der Waals surface area (Å²) in [6.07, 6.45) is 0. The number of benzene rings is 1. The normalized spacial score (nSPS) is 12.7. The molecule has 1 atom stereocenters. The van der Waals surface area contributed by atoms with Gasteiger partial charge in [-0.1, -0.05) is 18.2 Å². The van der Waals surface area contributed by atoms with Gasteiger partial charge in [0.1, 0.15) is 6.73 Å². The van der Waals surface area contributed by atoms with Crippen LogP contribution in [0.15, 0.2) is 35.2 Å². The Morgan fingerprint density at radius 3 is 2.69 bits per heavy atom. The summed E-state index contributed by atoms with van der Waals surface area (Å²) < 4.78 is 15.8. The van der Waals surface area contributed by atoms with Crippen molar-refractivity contribution >= 4 is 11.1 Å². The Labute approximate surface area is 78.3 Å². The van der Waals surface area contributed by atoms with Crippen molar-refractivity contribution in [3.63, 3.8) is 0 Å². The molecule has 0 radical (unpaired) electrons. The first kappa shape index (κ1) is 10.3. The summed E-state index contributed by atoms with van der Waals surface area (Å²) in [5.74, 6) is 0. The molecule has 3 N–H and O–H groups in total. The summed E-state index contributed by atoms with van der Waals surface area (Å²) in [6, 6.07) is 8.69. The summed E-state index contributed by atoms with van der Waals surface area (Å²) in [5, 5.41) is 8.30. The van der Waals surface area contributed by atoms with Crippen LogP contribution in [0.2, 0.25) is 0 Å². The maximum atomic E-state index is 11.2. The van der Waals surface area contributed by atoms with Gasteiger partial charge in [0.15, 0.2) is 0 Å². The number of aliphatic hydroxyl groups excluding tert-OH is 1. The van der Waals surface area contributed by atoms with Gasteiger partial charge in [-0.2, -0.15) is 4.28 Å². The van der Waals surface area contributed by atoms with E-state index in [1.54, 1.807) is 24.3 Å². The van der Waals surface area contributed by atoms with Gasteiger partial charge in [0.05, 0.1) is 4.90 Å². The summed E-state index contributed by atoms with van der Waals surface area (Å²) in [6.45, 7) is -0.300. The molecule has 0 bridgehead atoms. The Kier molecular flexibility index (Phi) is 4.58. The van der Waals surface area contributed by atoms with E-state index >= 15 is 0 Å². The zero-order valence-corrected chi connectivity index (χ0v) is 7.58. The average Bonchev–Trinajstić information content (AvgIpc) is 2.19. The highest BCUT2D eigenvalue weighted by molar-refractivity contribution is 7.80. The first-order chi connectivity index (χ1) is 6.34. The smallest absolute Gasteiger partial charge is 0.207 e. The molecule has 0 amide bonds. The van der Waals surface area contributed by atoms with Crippen LogP contribution in [0.25, 0.3) is 0 Å². The summed E-state index contributed by atoms with van der Waals surface area (Å²) in [7, 11) is 0. The number of nitrogens with one attached hydrogen (secondary N) is 2. The molecule has 0 fully saturated rings. The highest BCUT2D eigenvalue weighted by Gasteiger charge is 2.01. The van der Waals surface area contributed by atoms with Crippen molar-refractivity contribution in [3.05, 3.63) is 30.3 Å². The minimum Gasteiger partial charge on any atom is -0.380 e. The second-order valence-corrected chi connectivity index (χ2v) is 3.18. The predicted octanol–water partition coefficient (Wildman–Crippen LogP) is -0.315. The van der Waals surface area contributed by atoms with Crippen LogP contribution < -0.4 is 11.0 Å². The Hall–Kier alpha value is -0.790. The third kappa shape index (κ3) is 3.62. The lowest BCUT2D eigenvalue weighted by Crippen LogP contribution is -2.33. The standard InChI is InChI=1S/C7H10N2O3S/c10-6-8-9-12-13(11)7-4-2-1-3-5-7/h1-5,8-10H,6H2. The summed E-state index contributed by atoms with van der Waals surface area (Å²) in [4.78, 5) is 0.551. The number of hydrogen-bond acceptors (Lipinski definition) is 5. The van der Waals surface area contributed by atoms with E-state index < -0.39 is 11.1 Å². The number of hydrogen-bond donors (Lipinski definition) is 3. The van der Waals surface area contributed by atoms with E-state index in [-0.39, 0.29) is 6.73 Å². The number of hydrazine groups is 1. The second-order valence-electron chi connectivity index (χ2n) is 2.07. The Morgan fingerprint density at radius 1 is 1.38 bits per heavy atom. The zero-order valence-electron chi connectivity index (χ0n) is 6.77. The lowest BCUT2D eigenvalue weighted by atomic mass is 10.4. The zero-order chi connectivity index (χ0) is 9.52. The molecule has 1 aromatic carbocycles. The third-order valence-electron chi connectivity index (χ3n) is 1.20. The number of aliphatic hydroxyl groups is 1. The topological polar surface area (TPSA) is 70.6 Å². The second kappa shape index (κ2) is 5.79. The van der Waals surface area contributed by atoms with E-state index in [1.807, 2.05) is 6.07 Å². The van der Waals surface area contributed by atoms with Crippen molar-refractivity contribution in [2.75, 3.05) is 6.73 Å². The molecule has 1 aromatic rings. The van der Waals surface area contributed by atoms with Crippen LogP contribution in [-0.4, -0.2) is 16.0 Å². The molecule has 0 aliphatic heterocycles. The van der Waals surface area contributed by atoms with Crippen molar-refractivity contribution in [2.45, 2.75) is 4.90 Å². The first-order valence-electron chi connectivity index (χ1n) is 3.57. The van der Waals surface area contributed by atoms with Gasteiger partial charge in [-0.05, 0) is 12.1 Å². The van der Waals surface area contributed by atoms with Gasteiger partial charge in [-0.3, -0.25) is 0 Å². The van der Waals surface area contributed by atoms with Gasteiger partial charge >= 0.3 is 0 Å². The van der Waals surface area contributed by atoms with Gasteiger partial charge in [0.25, 0.3) is 0 Å². The molecule has 13 heavy (non-hydrogen) atoms. The van der Waals surface area contributed by atoms with E-state index in [0.29, 0.717) is 4.90 Å². The summed E-state index contributed by atoms with van der Waals surface area (Å²) >= 11 is -1.57. The van der Waals surface area contributed by atoms with E-state index in [0.717, 1.165) is 0 Å². The van der Waals surface area contributed by atoms with Gasteiger partial charge < -0.3 is 5.11 Å². The fourth-order valence-electron chi connectivity index (χ4n) is 0.679. The van der Waals surface area contributed by atoms with E-state index in [9.17, 15) is 4.21 Å². The first-order valence-corrected chi connectivity index (χ1v) is 4.65. The molecule has 0 saturated heterocycles. The minimum atomic E-state index is -1.57. The molecule has 0 saturated carbocycles. The van der Waals surface area contributed by atoms with E-state index in [4.69, 9.17) is 5.11 Å². The van der Waals surface area contributed by atoms with Crippen molar-refractivity contribution in [2.24, 2.45) is 0 Å². The lowest BCUT2D eigenvalue weighted by Gasteiger charge is -2.03. The van der Waals surface area contributed by atoms with Crippen LogP contribution in [0.4, 0.5) is 0 Å². The molecule has 72 valence electrons. The largest absolute Gasteiger partial charge is 0.380 e. The molecule has 0 spiro atoms. The van der Waals surface area contributed by atoms with Crippen molar-refractivity contribution < 1.29 is 13.6 Å². The molecule has 1 unspecified atom stereocenters. The Balaban J connectivity index is 2.40.